The molecule has 2 aromatic heterocycles. The molecular weight excluding hydrogens is 352 g/mol. The molecule has 0 aliphatic rings. The zero-order valence-electron chi connectivity index (χ0n) is 15.3. The first-order valence-electron chi connectivity index (χ1n) is 8.71. The summed E-state index contributed by atoms with van der Waals surface area (Å²) >= 11 is 0. The van der Waals surface area contributed by atoms with Crippen molar-refractivity contribution in [2.75, 3.05) is 11.1 Å². The van der Waals surface area contributed by atoms with Crippen LogP contribution in [0.3, 0.4) is 0 Å². The number of nitrogens with one attached hydrogen (secondary N) is 1. The summed E-state index contributed by atoms with van der Waals surface area (Å²) in [5.74, 6) is 1.91. The van der Waals surface area contributed by atoms with E-state index in [9.17, 15) is 0 Å². The molecule has 0 aliphatic carbocycles. The van der Waals surface area contributed by atoms with Gasteiger partial charge in [-0.25, -0.2) is 9.97 Å². The van der Waals surface area contributed by atoms with Crippen LogP contribution < -0.4 is 15.8 Å². The van der Waals surface area contributed by atoms with Crippen molar-refractivity contribution in [1.82, 2.24) is 14.5 Å². The molecule has 4 rings (SSSR count). The van der Waals surface area contributed by atoms with Crippen LogP contribution in [0.15, 0.2) is 60.8 Å². The van der Waals surface area contributed by atoms with Gasteiger partial charge < -0.3 is 20.4 Å². The van der Waals surface area contributed by atoms with E-state index in [1.54, 1.807) is 12.1 Å². The number of nitriles is 1. The van der Waals surface area contributed by atoms with Gasteiger partial charge in [0.15, 0.2) is 0 Å². The second-order valence-electron chi connectivity index (χ2n) is 6.34. The number of aryl methyl sites for hydroxylation is 1. The van der Waals surface area contributed by atoms with Crippen molar-refractivity contribution >= 4 is 22.7 Å². The lowest BCUT2D eigenvalue weighted by molar-refractivity contribution is 0.462. The summed E-state index contributed by atoms with van der Waals surface area (Å²) in [5.41, 5.74) is 10.1. The molecule has 2 aromatic carbocycles. The average molecular weight is 370 g/mol. The number of fused-ring (bicyclic) bond motifs is 1. The molecule has 0 spiro atoms. The number of aromatic nitrogens is 3. The summed E-state index contributed by atoms with van der Waals surface area (Å²) in [4.78, 5) is 8.70. The lowest BCUT2D eigenvalue weighted by atomic mass is 10.2. The second kappa shape index (κ2) is 7.29. The highest BCUT2D eigenvalue weighted by Crippen LogP contribution is 2.22. The fraction of sp³-hybridized carbons (Fsp3) is 0.0952. The Morgan fingerprint density at radius 1 is 1.14 bits per heavy atom. The molecule has 0 fully saturated rings. The highest BCUT2D eigenvalue weighted by atomic mass is 16.5. The van der Waals surface area contributed by atoms with Crippen LogP contribution in [0.4, 0.5) is 11.6 Å². The van der Waals surface area contributed by atoms with Gasteiger partial charge in [-0.2, -0.15) is 5.26 Å². The Balaban J connectivity index is 1.42. The second-order valence-corrected chi connectivity index (χ2v) is 6.34. The number of pyridine rings is 1. The van der Waals surface area contributed by atoms with Gasteiger partial charge in [0.2, 0.25) is 11.8 Å². The maximum Gasteiger partial charge on any atom is 0.219 e. The van der Waals surface area contributed by atoms with Gasteiger partial charge in [-0.05, 0) is 42.0 Å². The number of benzene rings is 2. The van der Waals surface area contributed by atoms with Gasteiger partial charge in [0, 0.05) is 31.5 Å². The topological polar surface area (TPSA) is 102 Å². The molecule has 0 saturated heterocycles. The van der Waals surface area contributed by atoms with E-state index in [1.165, 1.54) is 6.20 Å². The zero-order chi connectivity index (χ0) is 19.5. The summed E-state index contributed by atoms with van der Waals surface area (Å²) in [6.07, 6.45) is 1.48. The van der Waals surface area contributed by atoms with Gasteiger partial charge in [0.25, 0.3) is 0 Å². The minimum absolute atomic E-state index is 0.448. The Bertz CT molecular complexity index is 1160. The average Bonchev–Trinajstić information content (AvgIpc) is 3.03. The van der Waals surface area contributed by atoms with Gasteiger partial charge in [-0.15, -0.1) is 0 Å². The molecule has 3 N–H and O–H groups in total. The molecule has 0 bridgehead atoms. The Morgan fingerprint density at radius 2 is 1.96 bits per heavy atom. The fourth-order valence-corrected chi connectivity index (χ4v) is 2.85. The van der Waals surface area contributed by atoms with Crippen molar-refractivity contribution < 1.29 is 4.74 Å². The molecule has 0 amide bonds. The van der Waals surface area contributed by atoms with Gasteiger partial charge in [-0.1, -0.05) is 12.1 Å². The van der Waals surface area contributed by atoms with E-state index in [0.29, 0.717) is 23.7 Å². The predicted molar refractivity (Wildman–Crippen MR) is 108 cm³/mol. The maximum absolute atomic E-state index is 8.80. The Labute approximate surface area is 162 Å². The number of hydrogen-bond donors (Lipinski definition) is 2. The monoisotopic (exact) mass is 370 g/mol. The van der Waals surface area contributed by atoms with E-state index in [2.05, 4.69) is 15.3 Å². The Morgan fingerprint density at radius 3 is 2.68 bits per heavy atom. The first-order chi connectivity index (χ1) is 13.6. The van der Waals surface area contributed by atoms with Gasteiger partial charge in [0.05, 0.1) is 16.6 Å². The van der Waals surface area contributed by atoms with Crippen molar-refractivity contribution in [2.24, 2.45) is 7.05 Å². The Hall–Kier alpha value is -4.05. The van der Waals surface area contributed by atoms with Crippen LogP contribution in [0.1, 0.15) is 11.1 Å². The quantitative estimate of drug-likeness (QED) is 0.518. The molecule has 0 aliphatic heterocycles. The number of imidazole rings is 1. The maximum atomic E-state index is 8.80. The molecule has 2 heterocycles. The summed E-state index contributed by atoms with van der Waals surface area (Å²) in [7, 11) is 1.96. The highest BCUT2D eigenvalue weighted by molar-refractivity contribution is 5.81. The van der Waals surface area contributed by atoms with Crippen molar-refractivity contribution in [3.8, 4) is 17.7 Å². The number of rotatable bonds is 5. The molecule has 4 aromatic rings. The fourth-order valence-electron chi connectivity index (χ4n) is 2.85. The van der Waals surface area contributed by atoms with Crippen LogP contribution in [0.5, 0.6) is 11.6 Å². The van der Waals surface area contributed by atoms with Crippen LogP contribution in [0.25, 0.3) is 11.0 Å². The van der Waals surface area contributed by atoms with Crippen LogP contribution >= 0.6 is 0 Å². The van der Waals surface area contributed by atoms with Crippen LogP contribution in [-0.4, -0.2) is 14.5 Å². The summed E-state index contributed by atoms with van der Waals surface area (Å²) in [6.45, 7) is 0.627. The molecule has 138 valence electrons. The largest absolute Gasteiger partial charge is 0.439 e. The van der Waals surface area contributed by atoms with E-state index in [0.717, 1.165) is 28.2 Å². The smallest absolute Gasteiger partial charge is 0.219 e. The van der Waals surface area contributed by atoms with Crippen LogP contribution in [-0.2, 0) is 13.6 Å². The lowest BCUT2D eigenvalue weighted by Gasteiger charge is -2.08. The third-order valence-corrected chi connectivity index (χ3v) is 4.37. The van der Waals surface area contributed by atoms with E-state index >= 15 is 0 Å². The number of nitrogens with zero attached hydrogens (tertiary/aromatic N) is 4. The molecule has 0 radical (unpaired) electrons. The standard InChI is InChI=1S/C21H18N6O/c1-27-19-10-16(23)5-8-18(19)26-21(27)25-12-14-2-6-17(7-3-14)28-20-9-4-15(11-22)13-24-20/h2-10,13H,12,23H2,1H3,(H,25,26). The third-order valence-electron chi connectivity index (χ3n) is 4.37. The molecule has 28 heavy (non-hydrogen) atoms. The molecular formula is C21H18N6O. The van der Waals surface area contributed by atoms with E-state index in [-0.39, 0.29) is 0 Å². The third kappa shape index (κ3) is 3.57. The highest BCUT2D eigenvalue weighted by Gasteiger charge is 2.08. The molecule has 7 heteroatoms. The van der Waals surface area contributed by atoms with Crippen molar-refractivity contribution in [1.29, 1.82) is 5.26 Å². The number of ether oxygens (including phenoxy) is 1. The van der Waals surface area contributed by atoms with Gasteiger partial charge in [-0.3, -0.25) is 0 Å². The minimum Gasteiger partial charge on any atom is -0.439 e. The van der Waals surface area contributed by atoms with Gasteiger partial charge in [0.1, 0.15) is 11.8 Å². The number of nitrogens with two attached hydrogens (primary N) is 1. The molecule has 7 nitrogen and oxygen atoms in total. The summed E-state index contributed by atoms with van der Waals surface area (Å²) in [6, 6.07) is 18.8. The summed E-state index contributed by atoms with van der Waals surface area (Å²) in [5, 5.41) is 12.2. The van der Waals surface area contributed by atoms with E-state index in [1.807, 2.05) is 60.1 Å². The summed E-state index contributed by atoms with van der Waals surface area (Å²) < 4.78 is 7.68. The van der Waals surface area contributed by atoms with Crippen LogP contribution in [0, 0.1) is 11.3 Å². The first kappa shape index (κ1) is 17.4. The van der Waals surface area contributed by atoms with Gasteiger partial charge >= 0.3 is 0 Å². The number of hydrogen-bond acceptors (Lipinski definition) is 6. The predicted octanol–water partition coefficient (Wildman–Crippen LogP) is 3.83. The zero-order valence-corrected chi connectivity index (χ0v) is 15.3. The van der Waals surface area contributed by atoms with Crippen LogP contribution in [0.2, 0.25) is 0 Å². The van der Waals surface area contributed by atoms with Crippen molar-refractivity contribution in [2.45, 2.75) is 6.54 Å². The lowest BCUT2D eigenvalue weighted by Crippen LogP contribution is -2.04. The molecule has 0 atom stereocenters. The SMILES string of the molecule is Cn1c(NCc2ccc(Oc3ccc(C#N)cn3)cc2)nc2ccc(N)cc21. The molecule has 0 saturated carbocycles. The first-order valence-corrected chi connectivity index (χ1v) is 8.71. The minimum atomic E-state index is 0.448. The normalized spacial score (nSPS) is 10.6. The number of nitrogen functional groups attached to an aromatic ring is 1. The molecule has 0 unspecified atom stereocenters. The van der Waals surface area contributed by atoms with E-state index in [4.69, 9.17) is 15.7 Å². The Kier molecular flexibility index (Phi) is 4.52. The number of anilines is 2. The van der Waals surface area contributed by atoms with Crippen molar-refractivity contribution in [3.63, 3.8) is 0 Å². The van der Waals surface area contributed by atoms with Crippen molar-refractivity contribution in [3.05, 3.63) is 71.9 Å². The van der Waals surface area contributed by atoms with E-state index < -0.39 is 0 Å².